The van der Waals surface area contributed by atoms with Crippen molar-refractivity contribution in [3.05, 3.63) is 44.3 Å². The van der Waals surface area contributed by atoms with Crippen LogP contribution in [0.3, 0.4) is 0 Å². The zero-order chi connectivity index (χ0) is 18.6. The molecule has 0 aromatic carbocycles. The minimum atomic E-state index is -0.500. The molecule has 0 bridgehead atoms. The molecular formula is C16H22ClN5O3. The molecule has 0 aliphatic carbocycles. The molecule has 0 spiro atoms. The number of hydrogen-bond acceptors (Lipinski definition) is 5. The number of H-pyrrole nitrogens is 1. The van der Waals surface area contributed by atoms with Crippen molar-refractivity contribution in [2.45, 2.75) is 39.8 Å². The van der Waals surface area contributed by atoms with E-state index in [1.165, 1.54) is 0 Å². The van der Waals surface area contributed by atoms with Crippen LogP contribution < -0.4 is 10.9 Å². The Morgan fingerprint density at radius 1 is 1.48 bits per heavy atom. The monoisotopic (exact) mass is 367 g/mol. The Morgan fingerprint density at radius 3 is 2.88 bits per heavy atom. The van der Waals surface area contributed by atoms with Crippen LogP contribution in [0.2, 0.25) is 5.02 Å². The summed E-state index contributed by atoms with van der Waals surface area (Å²) in [6.45, 7) is 6.41. The molecule has 8 nitrogen and oxygen atoms in total. The maximum absolute atomic E-state index is 12.6. The lowest BCUT2D eigenvalue weighted by Gasteiger charge is -2.16. The maximum Gasteiger partial charge on any atom is 0.261 e. The Labute approximate surface area is 150 Å². The van der Waals surface area contributed by atoms with Gasteiger partial charge in [0.25, 0.3) is 11.5 Å². The van der Waals surface area contributed by atoms with Crippen LogP contribution in [0.5, 0.6) is 0 Å². The van der Waals surface area contributed by atoms with Crippen LogP contribution in [0, 0.1) is 13.8 Å². The molecule has 2 aromatic heterocycles. The number of nitrogens with one attached hydrogen (secondary N) is 2. The summed E-state index contributed by atoms with van der Waals surface area (Å²) in [4.78, 5) is 27.3. The van der Waals surface area contributed by atoms with Crippen molar-refractivity contribution < 1.29 is 9.53 Å². The van der Waals surface area contributed by atoms with E-state index in [-0.39, 0.29) is 5.56 Å². The van der Waals surface area contributed by atoms with Gasteiger partial charge in [-0.2, -0.15) is 0 Å². The van der Waals surface area contributed by atoms with E-state index in [0.29, 0.717) is 35.3 Å². The number of carbonyl (C=O) groups is 1. The average molecular weight is 368 g/mol. The van der Waals surface area contributed by atoms with Gasteiger partial charge in [-0.3, -0.25) is 9.59 Å². The Balaban J connectivity index is 2.18. The van der Waals surface area contributed by atoms with Gasteiger partial charge in [0.2, 0.25) is 0 Å². The minimum Gasteiger partial charge on any atom is -0.385 e. The smallest absolute Gasteiger partial charge is 0.261 e. The lowest BCUT2D eigenvalue weighted by Crippen LogP contribution is -2.34. The summed E-state index contributed by atoms with van der Waals surface area (Å²) in [5, 5.41) is 11.1. The number of carbonyl (C=O) groups excluding carboxylic acids is 1. The zero-order valence-electron chi connectivity index (χ0n) is 14.7. The number of aryl methyl sites for hydroxylation is 2. The van der Waals surface area contributed by atoms with E-state index in [1.54, 1.807) is 34.2 Å². The molecule has 0 aliphatic rings. The minimum absolute atomic E-state index is 0.00731. The molecule has 0 saturated heterocycles. The predicted octanol–water partition coefficient (Wildman–Crippen LogP) is 1.76. The summed E-state index contributed by atoms with van der Waals surface area (Å²) in [7, 11) is 1.64. The van der Waals surface area contributed by atoms with Crippen LogP contribution in [-0.2, 0) is 11.3 Å². The van der Waals surface area contributed by atoms with Crippen LogP contribution >= 0.6 is 11.6 Å². The second-order valence-electron chi connectivity index (χ2n) is 5.82. The van der Waals surface area contributed by atoms with E-state index in [4.69, 9.17) is 16.3 Å². The number of amides is 1. The first-order valence-electron chi connectivity index (χ1n) is 7.93. The van der Waals surface area contributed by atoms with Crippen molar-refractivity contribution >= 4 is 17.5 Å². The van der Waals surface area contributed by atoms with E-state index < -0.39 is 17.5 Å². The summed E-state index contributed by atoms with van der Waals surface area (Å²) in [6.07, 6.45) is 2.41. The summed E-state index contributed by atoms with van der Waals surface area (Å²) in [5.74, 6) is 0.108. The number of aromatic nitrogens is 4. The summed E-state index contributed by atoms with van der Waals surface area (Å²) >= 11 is 6.14. The van der Waals surface area contributed by atoms with Crippen molar-refractivity contribution in [2.75, 3.05) is 13.7 Å². The lowest BCUT2D eigenvalue weighted by molar-refractivity contribution is 0.0935. The van der Waals surface area contributed by atoms with Crippen LogP contribution in [0.4, 0.5) is 0 Å². The highest BCUT2D eigenvalue weighted by Gasteiger charge is 2.22. The molecule has 0 radical (unpaired) electrons. The van der Waals surface area contributed by atoms with Crippen molar-refractivity contribution in [1.82, 2.24) is 25.1 Å². The van der Waals surface area contributed by atoms with E-state index in [2.05, 4.69) is 20.5 Å². The molecule has 2 aromatic rings. The van der Waals surface area contributed by atoms with Gasteiger partial charge in [0.1, 0.15) is 11.9 Å². The normalized spacial score (nSPS) is 12.2. The van der Waals surface area contributed by atoms with Crippen LogP contribution in [-0.4, -0.2) is 39.4 Å². The highest BCUT2D eigenvalue weighted by molar-refractivity contribution is 6.32. The van der Waals surface area contributed by atoms with Gasteiger partial charge in [0.05, 0.1) is 11.1 Å². The third kappa shape index (κ3) is 4.26. The molecule has 2 N–H and O–H groups in total. The van der Waals surface area contributed by atoms with Crippen molar-refractivity contribution in [1.29, 1.82) is 0 Å². The van der Waals surface area contributed by atoms with Gasteiger partial charge in [0, 0.05) is 26.0 Å². The number of aromatic amines is 1. The predicted molar refractivity (Wildman–Crippen MR) is 93.9 cm³/mol. The molecule has 2 heterocycles. The fourth-order valence-electron chi connectivity index (χ4n) is 2.61. The molecular weight excluding hydrogens is 346 g/mol. The second-order valence-corrected chi connectivity index (χ2v) is 6.20. The molecule has 136 valence electrons. The number of hydrogen-bond donors (Lipinski definition) is 2. The second kappa shape index (κ2) is 8.26. The third-order valence-electron chi connectivity index (χ3n) is 3.92. The van der Waals surface area contributed by atoms with E-state index >= 15 is 0 Å². The number of nitrogens with zero attached hydrogens (tertiary/aromatic N) is 3. The van der Waals surface area contributed by atoms with Gasteiger partial charge < -0.3 is 19.6 Å². The van der Waals surface area contributed by atoms with E-state index in [0.717, 1.165) is 6.42 Å². The topological polar surface area (TPSA) is 102 Å². The Kier molecular flexibility index (Phi) is 6.33. The number of rotatable bonds is 7. The first-order valence-corrected chi connectivity index (χ1v) is 8.31. The van der Waals surface area contributed by atoms with E-state index in [9.17, 15) is 9.59 Å². The van der Waals surface area contributed by atoms with Crippen molar-refractivity contribution in [2.24, 2.45) is 0 Å². The largest absolute Gasteiger partial charge is 0.385 e. The van der Waals surface area contributed by atoms with Gasteiger partial charge in [-0.1, -0.05) is 11.6 Å². The standard InChI is InChI=1S/C16H22ClN5O3/c1-9-12(15(23)19-10(2)13(9)17)16(24)20-11(3)14-21-18-8-22(14)6-5-7-25-4/h8,11H,5-7H2,1-4H3,(H,19,23)(H,20,24). The van der Waals surface area contributed by atoms with Gasteiger partial charge in [-0.05, 0) is 32.8 Å². The zero-order valence-corrected chi connectivity index (χ0v) is 15.5. The van der Waals surface area contributed by atoms with Gasteiger partial charge in [-0.15, -0.1) is 10.2 Å². The molecule has 2 rings (SSSR count). The van der Waals surface area contributed by atoms with Gasteiger partial charge in [-0.25, -0.2) is 0 Å². The SMILES string of the molecule is COCCCn1cnnc1C(C)NC(=O)c1c(C)c(Cl)c(C)[nH]c1=O. The van der Waals surface area contributed by atoms with Crippen LogP contribution in [0.25, 0.3) is 0 Å². The molecule has 1 atom stereocenters. The van der Waals surface area contributed by atoms with Gasteiger partial charge in [0.15, 0.2) is 5.82 Å². The summed E-state index contributed by atoms with van der Waals surface area (Å²) in [6, 6.07) is -0.420. The third-order valence-corrected chi connectivity index (χ3v) is 4.48. The molecule has 9 heteroatoms. The van der Waals surface area contributed by atoms with E-state index in [1.807, 2.05) is 4.57 Å². The van der Waals surface area contributed by atoms with Crippen LogP contribution in [0.1, 0.15) is 46.8 Å². The van der Waals surface area contributed by atoms with Crippen molar-refractivity contribution in [3.63, 3.8) is 0 Å². The first-order chi connectivity index (χ1) is 11.9. The fourth-order valence-corrected chi connectivity index (χ4v) is 2.75. The summed E-state index contributed by atoms with van der Waals surface area (Å²) < 4.78 is 6.89. The number of pyridine rings is 1. The fraction of sp³-hybridized carbons (Fsp3) is 0.500. The molecule has 0 saturated carbocycles. The average Bonchev–Trinajstić information content (AvgIpc) is 3.01. The first kappa shape index (κ1) is 19.1. The molecule has 0 fully saturated rings. The Morgan fingerprint density at radius 2 is 2.20 bits per heavy atom. The Hall–Kier alpha value is -2.19. The molecule has 1 amide bonds. The highest BCUT2D eigenvalue weighted by Crippen LogP contribution is 2.19. The van der Waals surface area contributed by atoms with Crippen molar-refractivity contribution in [3.8, 4) is 0 Å². The maximum atomic E-state index is 12.6. The van der Waals surface area contributed by atoms with Crippen LogP contribution in [0.15, 0.2) is 11.1 Å². The number of ether oxygens (including phenoxy) is 1. The molecule has 1 unspecified atom stereocenters. The Bertz CT molecular complexity index is 815. The molecule has 0 aliphatic heterocycles. The highest BCUT2D eigenvalue weighted by atomic mass is 35.5. The number of methoxy groups -OCH3 is 1. The number of halogens is 1. The van der Waals surface area contributed by atoms with Gasteiger partial charge >= 0.3 is 0 Å². The quantitative estimate of drug-likeness (QED) is 0.726. The summed E-state index contributed by atoms with van der Waals surface area (Å²) in [5.41, 5.74) is 0.527. The molecule has 25 heavy (non-hydrogen) atoms. The lowest BCUT2D eigenvalue weighted by atomic mass is 10.1.